The molecule has 9 nitrogen and oxygen atoms in total. The van der Waals surface area contributed by atoms with E-state index in [-0.39, 0.29) is 30.5 Å². The molecule has 0 saturated carbocycles. The Balaban J connectivity index is 1.55. The first kappa shape index (κ1) is 23.9. The predicted octanol–water partition coefficient (Wildman–Crippen LogP) is 2.16. The molecular formula is C22H30N4O5S. The van der Waals surface area contributed by atoms with Crippen LogP contribution >= 0.6 is 0 Å². The number of hydrogen-bond donors (Lipinski definition) is 0. The van der Waals surface area contributed by atoms with E-state index >= 15 is 0 Å². The Morgan fingerprint density at radius 1 is 1.25 bits per heavy atom. The van der Waals surface area contributed by atoms with E-state index in [0.717, 1.165) is 11.4 Å². The van der Waals surface area contributed by atoms with Crippen LogP contribution in [-0.2, 0) is 33.1 Å². The SMILES string of the molecule is C=CCn1c(C)cc(C(=O)COC(=O)C2CCN(S(=O)(=O)c3cn(C)c(C)n3)CC2)c1C. The van der Waals surface area contributed by atoms with Gasteiger partial charge in [-0.3, -0.25) is 9.59 Å². The van der Waals surface area contributed by atoms with Crippen LogP contribution in [0.2, 0.25) is 0 Å². The maximum Gasteiger partial charge on any atom is 0.309 e. The molecule has 1 aliphatic rings. The van der Waals surface area contributed by atoms with E-state index in [9.17, 15) is 18.0 Å². The van der Waals surface area contributed by atoms with Crippen molar-refractivity contribution in [3.63, 3.8) is 0 Å². The summed E-state index contributed by atoms with van der Waals surface area (Å²) in [6.45, 7) is 9.90. The van der Waals surface area contributed by atoms with Gasteiger partial charge in [0.05, 0.1) is 5.92 Å². The maximum atomic E-state index is 12.8. The van der Waals surface area contributed by atoms with Gasteiger partial charge in [-0.1, -0.05) is 6.08 Å². The number of carbonyl (C=O) groups excluding carboxylic acids is 2. The molecule has 32 heavy (non-hydrogen) atoms. The van der Waals surface area contributed by atoms with Crippen molar-refractivity contribution in [2.24, 2.45) is 13.0 Å². The number of piperidine rings is 1. The van der Waals surface area contributed by atoms with Crippen LogP contribution in [0.3, 0.4) is 0 Å². The van der Waals surface area contributed by atoms with Gasteiger partial charge in [0.1, 0.15) is 5.82 Å². The van der Waals surface area contributed by atoms with Gasteiger partial charge in [-0.15, -0.1) is 6.58 Å². The lowest BCUT2D eigenvalue weighted by Crippen LogP contribution is -2.41. The van der Waals surface area contributed by atoms with Crippen LogP contribution in [0.15, 0.2) is 29.9 Å². The Bertz CT molecular complexity index is 1120. The third-order valence-electron chi connectivity index (χ3n) is 6.01. The van der Waals surface area contributed by atoms with Gasteiger partial charge < -0.3 is 13.9 Å². The first-order valence-corrected chi connectivity index (χ1v) is 12.0. The number of aryl methyl sites for hydroxylation is 3. The normalized spacial score (nSPS) is 15.6. The van der Waals surface area contributed by atoms with Crippen molar-refractivity contribution < 1.29 is 22.7 Å². The van der Waals surface area contributed by atoms with E-state index in [4.69, 9.17) is 4.74 Å². The third kappa shape index (κ3) is 4.71. The molecular weight excluding hydrogens is 432 g/mol. The zero-order valence-corrected chi connectivity index (χ0v) is 19.8. The lowest BCUT2D eigenvalue weighted by molar-refractivity contribution is -0.148. The summed E-state index contributed by atoms with van der Waals surface area (Å²) >= 11 is 0. The van der Waals surface area contributed by atoms with Crippen LogP contribution in [0.25, 0.3) is 0 Å². The van der Waals surface area contributed by atoms with Crippen molar-refractivity contribution in [3.05, 3.63) is 47.7 Å². The zero-order chi connectivity index (χ0) is 23.6. The fourth-order valence-corrected chi connectivity index (χ4v) is 5.44. The number of rotatable bonds is 8. The molecule has 0 amide bonds. The lowest BCUT2D eigenvalue weighted by atomic mass is 9.98. The van der Waals surface area contributed by atoms with E-state index in [1.165, 1.54) is 10.5 Å². The highest BCUT2D eigenvalue weighted by molar-refractivity contribution is 7.89. The summed E-state index contributed by atoms with van der Waals surface area (Å²) in [6, 6.07) is 1.79. The number of imidazole rings is 1. The molecule has 0 radical (unpaired) electrons. The van der Waals surface area contributed by atoms with Gasteiger partial charge in [-0.05, 0) is 39.7 Å². The minimum Gasteiger partial charge on any atom is -0.457 e. The first-order valence-electron chi connectivity index (χ1n) is 10.5. The second-order valence-electron chi connectivity index (χ2n) is 8.13. The van der Waals surface area contributed by atoms with Crippen LogP contribution in [-0.4, -0.2) is 58.3 Å². The van der Waals surface area contributed by atoms with E-state index in [2.05, 4.69) is 11.6 Å². The number of Topliss-reactive ketones (excluding diaryl/α,β-unsaturated/α-hetero) is 1. The summed E-state index contributed by atoms with van der Waals surface area (Å²) in [7, 11) is -1.96. The molecule has 0 unspecified atom stereocenters. The van der Waals surface area contributed by atoms with E-state index in [1.54, 1.807) is 30.7 Å². The molecule has 1 fully saturated rings. The molecule has 174 valence electrons. The average molecular weight is 463 g/mol. The van der Waals surface area contributed by atoms with Crippen molar-refractivity contribution in [1.29, 1.82) is 0 Å². The van der Waals surface area contributed by atoms with Crippen molar-refractivity contribution in [2.45, 2.75) is 45.2 Å². The highest BCUT2D eigenvalue weighted by atomic mass is 32.2. The molecule has 0 bridgehead atoms. The van der Waals surface area contributed by atoms with Crippen molar-refractivity contribution in [3.8, 4) is 0 Å². The minimum atomic E-state index is -3.70. The molecule has 0 atom stereocenters. The smallest absolute Gasteiger partial charge is 0.309 e. The number of ketones is 1. The van der Waals surface area contributed by atoms with Gasteiger partial charge in [0.25, 0.3) is 10.0 Å². The monoisotopic (exact) mass is 462 g/mol. The number of esters is 1. The van der Waals surface area contributed by atoms with Gasteiger partial charge in [0, 0.05) is 49.8 Å². The van der Waals surface area contributed by atoms with Gasteiger partial charge in [0.15, 0.2) is 11.6 Å². The number of carbonyl (C=O) groups is 2. The Hall–Kier alpha value is -2.72. The second kappa shape index (κ2) is 9.41. The topological polar surface area (TPSA) is 104 Å². The largest absolute Gasteiger partial charge is 0.457 e. The van der Waals surface area contributed by atoms with Crippen LogP contribution in [0.4, 0.5) is 0 Å². The predicted molar refractivity (Wildman–Crippen MR) is 119 cm³/mol. The number of aromatic nitrogens is 3. The molecule has 0 spiro atoms. The van der Waals surface area contributed by atoms with Crippen molar-refractivity contribution in [2.75, 3.05) is 19.7 Å². The van der Waals surface area contributed by atoms with E-state index in [0.29, 0.717) is 30.8 Å². The molecule has 0 aromatic carbocycles. The number of nitrogens with zero attached hydrogens (tertiary/aromatic N) is 4. The highest BCUT2D eigenvalue weighted by Gasteiger charge is 2.34. The third-order valence-corrected chi connectivity index (χ3v) is 7.78. The Morgan fingerprint density at radius 3 is 2.47 bits per heavy atom. The molecule has 3 heterocycles. The van der Waals surface area contributed by atoms with Gasteiger partial charge in [-0.25, -0.2) is 13.4 Å². The van der Waals surface area contributed by atoms with Crippen LogP contribution in [0, 0.1) is 26.7 Å². The van der Waals surface area contributed by atoms with Crippen molar-refractivity contribution >= 4 is 21.8 Å². The van der Waals surface area contributed by atoms with Crippen LogP contribution in [0.5, 0.6) is 0 Å². The summed E-state index contributed by atoms with van der Waals surface area (Å²) < 4.78 is 35.8. The average Bonchev–Trinajstić information content (AvgIpc) is 3.25. The first-order chi connectivity index (χ1) is 15.1. The summed E-state index contributed by atoms with van der Waals surface area (Å²) in [4.78, 5) is 29.2. The Morgan fingerprint density at radius 2 is 1.91 bits per heavy atom. The van der Waals surface area contributed by atoms with E-state index < -0.39 is 21.9 Å². The summed E-state index contributed by atoms with van der Waals surface area (Å²) in [5, 5.41) is 0.0122. The molecule has 3 rings (SSSR count). The van der Waals surface area contributed by atoms with Crippen LogP contribution in [0.1, 0.15) is 40.4 Å². The number of allylic oxidation sites excluding steroid dienone is 1. The molecule has 0 aliphatic carbocycles. The highest BCUT2D eigenvalue weighted by Crippen LogP contribution is 2.24. The fraction of sp³-hybridized carbons (Fsp3) is 0.500. The fourth-order valence-electron chi connectivity index (χ4n) is 3.94. The standard InChI is InChI=1S/C22H30N4O5S/c1-6-9-26-15(2)12-19(16(26)3)20(27)14-31-22(28)18-7-10-25(11-8-18)32(29,30)21-13-24(5)17(4)23-21/h6,12-13,18H,1,7-11,14H2,2-5H3. The molecule has 1 aliphatic heterocycles. The van der Waals surface area contributed by atoms with Gasteiger partial charge in [-0.2, -0.15) is 4.31 Å². The quantitative estimate of drug-likeness (QED) is 0.338. The maximum absolute atomic E-state index is 12.8. The number of ether oxygens (including phenoxy) is 1. The lowest BCUT2D eigenvalue weighted by Gasteiger charge is -2.29. The Kier molecular flexibility index (Phi) is 7.04. The van der Waals surface area contributed by atoms with Crippen LogP contribution < -0.4 is 0 Å². The molecule has 1 saturated heterocycles. The molecule has 2 aromatic heterocycles. The van der Waals surface area contributed by atoms with Crippen molar-refractivity contribution in [1.82, 2.24) is 18.4 Å². The zero-order valence-electron chi connectivity index (χ0n) is 19.0. The molecule has 2 aromatic rings. The second-order valence-corrected chi connectivity index (χ2v) is 10.0. The summed E-state index contributed by atoms with van der Waals surface area (Å²) in [5.41, 5.74) is 2.28. The molecule has 10 heteroatoms. The number of hydrogen-bond acceptors (Lipinski definition) is 6. The van der Waals surface area contributed by atoms with Gasteiger partial charge in [0.2, 0.25) is 5.78 Å². The van der Waals surface area contributed by atoms with E-state index in [1.807, 2.05) is 18.4 Å². The Labute approximate surface area is 188 Å². The summed E-state index contributed by atoms with van der Waals surface area (Å²) in [6.07, 6.45) is 3.93. The summed E-state index contributed by atoms with van der Waals surface area (Å²) in [5.74, 6) is -0.554. The number of sulfonamides is 1. The molecule has 0 N–H and O–H groups in total. The minimum absolute atomic E-state index is 0.0122. The van der Waals surface area contributed by atoms with Gasteiger partial charge >= 0.3 is 5.97 Å².